The summed E-state index contributed by atoms with van der Waals surface area (Å²) < 4.78 is 10.7. The van der Waals surface area contributed by atoms with Gasteiger partial charge >= 0.3 is 0 Å². The van der Waals surface area contributed by atoms with Crippen molar-refractivity contribution in [3.05, 3.63) is 58.7 Å². The number of ether oxygens (including phenoxy) is 2. The van der Waals surface area contributed by atoms with E-state index in [1.54, 1.807) is 25.3 Å². The lowest BCUT2D eigenvalue weighted by Crippen LogP contribution is -2.00. The standard InChI is InChI=1S/C22H25NO4/c1-15(2)5-9-19-17(12-18(23-14-24)13-21(19)26-3)8-6-16-7-10-20(25)22(11-16)27-4/h5-8,10-14,25H,9H2,1-4H3,(H,23,24)/b8-6+. The summed E-state index contributed by atoms with van der Waals surface area (Å²) in [6.45, 7) is 4.10. The summed E-state index contributed by atoms with van der Waals surface area (Å²) in [4.78, 5) is 10.8. The van der Waals surface area contributed by atoms with Gasteiger partial charge in [0.25, 0.3) is 0 Å². The van der Waals surface area contributed by atoms with E-state index in [0.717, 1.165) is 16.7 Å². The number of benzene rings is 2. The van der Waals surface area contributed by atoms with Gasteiger partial charge < -0.3 is 19.9 Å². The van der Waals surface area contributed by atoms with Gasteiger partial charge in [-0.05, 0) is 49.6 Å². The second kappa shape index (κ2) is 9.48. The minimum atomic E-state index is 0.0951. The van der Waals surface area contributed by atoms with Gasteiger partial charge in [-0.3, -0.25) is 4.79 Å². The fourth-order valence-corrected chi connectivity index (χ4v) is 2.66. The molecule has 0 heterocycles. The van der Waals surface area contributed by atoms with Gasteiger partial charge in [-0.1, -0.05) is 29.9 Å². The third-order valence-electron chi connectivity index (χ3n) is 4.06. The molecule has 0 aliphatic heterocycles. The maximum Gasteiger partial charge on any atom is 0.211 e. The molecule has 0 saturated carbocycles. The summed E-state index contributed by atoms with van der Waals surface area (Å²) in [5, 5.41) is 12.4. The summed E-state index contributed by atoms with van der Waals surface area (Å²) in [6.07, 6.45) is 7.37. The predicted molar refractivity (Wildman–Crippen MR) is 109 cm³/mol. The van der Waals surface area contributed by atoms with Crippen molar-refractivity contribution in [1.29, 1.82) is 0 Å². The number of carbonyl (C=O) groups excluding carboxylic acids is 1. The van der Waals surface area contributed by atoms with Crippen molar-refractivity contribution in [2.24, 2.45) is 0 Å². The normalized spacial score (nSPS) is 10.5. The van der Waals surface area contributed by atoms with Gasteiger partial charge in [-0.2, -0.15) is 0 Å². The minimum Gasteiger partial charge on any atom is -0.504 e. The number of nitrogens with one attached hydrogen (secondary N) is 1. The molecule has 2 aromatic rings. The Balaban J connectivity index is 2.49. The zero-order chi connectivity index (χ0) is 19.8. The second-order valence-electron chi connectivity index (χ2n) is 6.26. The van der Waals surface area contributed by atoms with E-state index < -0.39 is 0 Å². The zero-order valence-corrected chi connectivity index (χ0v) is 16.1. The smallest absolute Gasteiger partial charge is 0.211 e. The van der Waals surface area contributed by atoms with E-state index in [4.69, 9.17) is 9.47 Å². The minimum absolute atomic E-state index is 0.0951. The number of rotatable bonds is 8. The molecule has 2 N–H and O–H groups in total. The van der Waals surface area contributed by atoms with Crippen LogP contribution < -0.4 is 14.8 Å². The Morgan fingerprint density at radius 2 is 1.81 bits per heavy atom. The average molecular weight is 367 g/mol. The number of carbonyl (C=O) groups is 1. The van der Waals surface area contributed by atoms with Gasteiger partial charge in [0.1, 0.15) is 5.75 Å². The summed E-state index contributed by atoms with van der Waals surface area (Å²) in [6, 6.07) is 8.86. The molecule has 0 aromatic heterocycles. The quantitative estimate of drug-likeness (QED) is 0.405. The van der Waals surface area contributed by atoms with Crippen molar-refractivity contribution in [1.82, 2.24) is 0 Å². The fraction of sp³-hybridized carbons (Fsp3) is 0.227. The van der Waals surface area contributed by atoms with Gasteiger partial charge in [-0.25, -0.2) is 0 Å². The number of anilines is 1. The van der Waals surface area contributed by atoms with Crippen LogP contribution in [-0.2, 0) is 11.2 Å². The molecule has 1 amide bonds. The van der Waals surface area contributed by atoms with Crippen molar-refractivity contribution < 1.29 is 19.4 Å². The van der Waals surface area contributed by atoms with E-state index >= 15 is 0 Å². The molecule has 0 spiro atoms. The highest BCUT2D eigenvalue weighted by molar-refractivity contribution is 5.79. The highest BCUT2D eigenvalue weighted by Gasteiger charge is 2.10. The third-order valence-corrected chi connectivity index (χ3v) is 4.06. The van der Waals surface area contributed by atoms with Gasteiger partial charge in [-0.15, -0.1) is 0 Å². The molecule has 0 unspecified atom stereocenters. The van der Waals surface area contributed by atoms with Crippen LogP contribution in [0.15, 0.2) is 42.0 Å². The van der Waals surface area contributed by atoms with Gasteiger partial charge in [0.05, 0.1) is 14.2 Å². The van der Waals surface area contributed by atoms with E-state index in [0.29, 0.717) is 30.0 Å². The maximum absolute atomic E-state index is 10.8. The molecule has 5 nitrogen and oxygen atoms in total. The van der Waals surface area contributed by atoms with Crippen LogP contribution in [0.25, 0.3) is 12.2 Å². The van der Waals surface area contributed by atoms with Crippen LogP contribution in [0, 0.1) is 0 Å². The van der Waals surface area contributed by atoms with Crippen LogP contribution in [0.4, 0.5) is 5.69 Å². The number of hydrogen-bond acceptors (Lipinski definition) is 4. The Kier molecular flexibility index (Phi) is 7.06. The lowest BCUT2D eigenvalue weighted by molar-refractivity contribution is -0.105. The molecule has 0 atom stereocenters. The largest absolute Gasteiger partial charge is 0.504 e. The van der Waals surface area contributed by atoms with Crippen molar-refractivity contribution in [2.75, 3.05) is 19.5 Å². The van der Waals surface area contributed by atoms with Gasteiger partial charge in [0, 0.05) is 17.3 Å². The summed E-state index contributed by atoms with van der Waals surface area (Å²) in [5.41, 5.74) is 4.71. The molecule has 5 heteroatoms. The first kappa shape index (κ1) is 20.1. The van der Waals surface area contributed by atoms with E-state index in [1.165, 1.54) is 12.7 Å². The molecule has 0 saturated heterocycles. The Morgan fingerprint density at radius 3 is 2.44 bits per heavy atom. The SMILES string of the molecule is COc1cc(/C=C/c2cc(NC=O)cc(OC)c2CC=C(C)C)ccc1O. The Labute approximate surface area is 159 Å². The number of phenols is 1. The number of hydrogen-bond donors (Lipinski definition) is 2. The van der Waals surface area contributed by atoms with Gasteiger partial charge in [0.2, 0.25) is 6.41 Å². The number of methoxy groups -OCH3 is 2. The Morgan fingerprint density at radius 1 is 1.07 bits per heavy atom. The molecule has 0 aliphatic carbocycles. The van der Waals surface area contributed by atoms with Crippen molar-refractivity contribution in [3.8, 4) is 17.2 Å². The lowest BCUT2D eigenvalue weighted by Gasteiger charge is -2.13. The van der Waals surface area contributed by atoms with E-state index in [1.807, 2.05) is 38.1 Å². The Bertz CT molecular complexity index is 865. The first-order valence-corrected chi connectivity index (χ1v) is 8.58. The number of phenolic OH excluding ortho intramolecular Hbond substituents is 1. The highest BCUT2D eigenvalue weighted by Crippen LogP contribution is 2.31. The van der Waals surface area contributed by atoms with E-state index in [9.17, 15) is 9.90 Å². The number of aromatic hydroxyl groups is 1. The van der Waals surface area contributed by atoms with Crippen LogP contribution in [0.1, 0.15) is 30.5 Å². The van der Waals surface area contributed by atoms with Crippen LogP contribution >= 0.6 is 0 Å². The molecule has 0 fully saturated rings. The van der Waals surface area contributed by atoms with Crippen LogP contribution in [-0.4, -0.2) is 25.7 Å². The summed E-state index contributed by atoms with van der Waals surface area (Å²) >= 11 is 0. The van der Waals surface area contributed by atoms with Crippen molar-refractivity contribution >= 4 is 24.2 Å². The van der Waals surface area contributed by atoms with E-state index in [-0.39, 0.29) is 5.75 Å². The van der Waals surface area contributed by atoms with E-state index in [2.05, 4.69) is 11.4 Å². The summed E-state index contributed by atoms with van der Waals surface area (Å²) in [5.74, 6) is 1.22. The van der Waals surface area contributed by atoms with Gasteiger partial charge in [0.15, 0.2) is 11.5 Å². The predicted octanol–water partition coefficient (Wildman–Crippen LogP) is 4.66. The average Bonchev–Trinajstić information content (AvgIpc) is 2.66. The number of amides is 1. The molecule has 27 heavy (non-hydrogen) atoms. The lowest BCUT2D eigenvalue weighted by atomic mass is 9.99. The summed E-state index contributed by atoms with van der Waals surface area (Å²) in [7, 11) is 3.13. The molecule has 142 valence electrons. The first-order chi connectivity index (χ1) is 13.0. The highest BCUT2D eigenvalue weighted by atomic mass is 16.5. The fourth-order valence-electron chi connectivity index (χ4n) is 2.66. The number of allylic oxidation sites excluding steroid dienone is 2. The molecular formula is C22H25NO4. The molecule has 2 aromatic carbocycles. The van der Waals surface area contributed by atoms with Crippen LogP contribution in [0.5, 0.6) is 17.2 Å². The molecule has 0 aliphatic rings. The van der Waals surface area contributed by atoms with Crippen molar-refractivity contribution in [3.63, 3.8) is 0 Å². The topological polar surface area (TPSA) is 67.8 Å². The third kappa shape index (κ3) is 5.38. The van der Waals surface area contributed by atoms with Crippen molar-refractivity contribution in [2.45, 2.75) is 20.3 Å². The molecule has 0 bridgehead atoms. The zero-order valence-electron chi connectivity index (χ0n) is 16.1. The monoisotopic (exact) mass is 367 g/mol. The molecule has 0 radical (unpaired) electrons. The second-order valence-corrected chi connectivity index (χ2v) is 6.26. The molecular weight excluding hydrogens is 342 g/mol. The Hall–Kier alpha value is -3.21. The van der Waals surface area contributed by atoms with Crippen LogP contribution in [0.3, 0.4) is 0 Å². The molecule has 2 rings (SSSR count). The van der Waals surface area contributed by atoms with Crippen LogP contribution in [0.2, 0.25) is 0 Å². The first-order valence-electron chi connectivity index (χ1n) is 8.58. The maximum atomic E-state index is 10.8.